The molecule has 0 aliphatic heterocycles. The number of carbonyl (C=O) groups excluding carboxylic acids is 1. The van der Waals surface area contributed by atoms with E-state index in [1.807, 2.05) is 75.3 Å². The molecule has 6 aromatic rings. The maximum Gasteiger partial charge on any atom is 0.407 e. The molecule has 9 nitrogen and oxygen atoms in total. The van der Waals surface area contributed by atoms with Gasteiger partial charge in [-0.1, -0.05) is 79.7 Å². The Kier molecular flexibility index (Phi) is 15.0. The number of aromatic amines is 2. The third-order valence-electron chi connectivity index (χ3n) is 10.2. The van der Waals surface area contributed by atoms with Crippen molar-refractivity contribution < 1.29 is 9.53 Å². The maximum absolute atomic E-state index is 12.2. The highest BCUT2D eigenvalue weighted by molar-refractivity contribution is 5.89. The van der Waals surface area contributed by atoms with Gasteiger partial charge in [-0.15, -0.1) is 0 Å². The SMILES string of the molecule is CC.CC.CC.CC(CCc1nc2ccc(-c3ccc4cc(-c5ccc6nc(CCC7C(N)[C@@H]7C)[nH]c6c5)ccc4n3)cc2[nH]1)[C@@H](C)NC(=O)OC(C)(C)C. The van der Waals surface area contributed by atoms with Gasteiger partial charge in [0.2, 0.25) is 0 Å². The zero-order valence-corrected chi connectivity index (χ0v) is 35.3. The van der Waals surface area contributed by atoms with Gasteiger partial charge in [0, 0.05) is 35.9 Å². The number of carbonyl (C=O) groups is 1. The monoisotopic (exact) mass is 748 g/mol. The highest BCUT2D eigenvalue weighted by atomic mass is 16.6. The molecule has 1 aliphatic carbocycles. The van der Waals surface area contributed by atoms with Crippen LogP contribution in [0.3, 0.4) is 0 Å². The number of imidazole rings is 2. The third kappa shape index (κ3) is 10.9. The van der Waals surface area contributed by atoms with Gasteiger partial charge in [0.05, 0.1) is 33.3 Å². The summed E-state index contributed by atoms with van der Waals surface area (Å²) in [5, 5.41) is 4.05. The number of hydrogen-bond acceptors (Lipinski definition) is 6. The number of aryl methyl sites for hydroxylation is 2. The van der Waals surface area contributed by atoms with Crippen LogP contribution in [-0.4, -0.2) is 48.7 Å². The van der Waals surface area contributed by atoms with Crippen LogP contribution >= 0.6 is 0 Å². The van der Waals surface area contributed by atoms with Crippen molar-refractivity contribution in [3.63, 3.8) is 0 Å². The van der Waals surface area contributed by atoms with Gasteiger partial charge in [0.25, 0.3) is 0 Å². The second kappa shape index (κ2) is 19.2. The molecule has 0 saturated heterocycles. The smallest absolute Gasteiger partial charge is 0.407 e. The molecule has 296 valence electrons. The topological polar surface area (TPSA) is 135 Å². The van der Waals surface area contributed by atoms with Crippen LogP contribution in [0.5, 0.6) is 0 Å². The molecule has 3 aromatic carbocycles. The number of nitrogens with two attached hydrogens (primary N) is 1. The second-order valence-corrected chi connectivity index (χ2v) is 15.0. The van der Waals surface area contributed by atoms with E-state index in [9.17, 15) is 4.79 Å². The minimum atomic E-state index is -0.516. The van der Waals surface area contributed by atoms with Gasteiger partial charge in [-0.25, -0.2) is 19.7 Å². The van der Waals surface area contributed by atoms with Crippen molar-refractivity contribution in [1.82, 2.24) is 30.2 Å². The zero-order chi connectivity index (χ0) is 40.4. The van der Waals surface area contributed by atoms with Crippen LogP contribution in [-0.2, 0) is 17.6 Å². The number of alkyl carbamates (subject to hydrolysis) is 1. The predicted molar refractivity (Wildman–Crippen MR) is 231 cm³/mol. The summed E-state index contributed by atoms with van der Waals surface area (Å²) in [7, 11) is 0. The second-order valence-electron chi connectivity index (χ2n) is 15.0. The van der Waals surface area contributed by atoms with Gasteiger partial charge < -0.3 is 25.8 Å². The number of benzene rings is 3. The fourth-order valence-corrected chi connectivity index (χ4v) is 6.75. The number of fused-ring (bicyclic) bond motifs is 3. The van der Waals surface area contributed by atoms with Gasteiger partial charge in [-0.05, 0) is 112 Å². The highest BCUT2D eigenvalue weighted by Crippen LogP contribution is 2.40. The third-order valence-corrected chi connectivity index (χ3v) is 10.2. The summed E-state index contributed by atoms with van der Waals surface area (Å²) in [5.74, 6) is 3.47. The number of hydrogen-bond donors (Lipinski definition) is 4. The minimum Gasteiger partial charge on any atom is -0.444 e. The van der Waals surface area contributed by atoms with E-state index in [4.69, 9.17) is 25.4 Å². The number of amides is 1. The molecule has 0 spiro atoms. The summed E-state index contributed by atoms with van der Waals surface area (Å²) in [4.78, 5) is 33.9. The molecule has 55 heavy (non-hydrogen) atoms. The van der Waals surface area contributed by atoms with E-state index in [0.717, 1.165) is 92.7 Å². The van der Waals surface area contributed by atoms with Gasteiger partial charge in [-0.2, -0.15) is 0 Å². The van der Waals surface area contributed by atoms with E-state index in [2.05, 4.69) is 89.8 Å². The first-order valence-corrected chi connectivity index (χ1v) is 20.5. The van der Waals surface area contributed by atoms with E-state index in [0.29, 0.717) is 17.9 Å². The molecular formula is C46H65N7O2. The zero-order valence-electron chi connectivity index (χ0n) is 35.3. The van der Waals surface area contributed by atoms with Gasteiger partial charge in [0.1, 0.15) is 17.2 Å². The van der Waals surface area contributed by atoms with E-state index >= 15 is 0 Å². The summed E-state index contributed by atoms with van der Waals surface area (Å²) < 4.78 is 5.41. The first kappa shape index (κ1) is 43.0. The van der Waals surface area contributed by atoms with Crippen LogP contribution in [0, 0.1) is 17.8 Å². The van der Waals surface area contributed by atoms with Crippen molar-refractivity contribution in [2.45, 2.75) is 126 Å². The summed E-state index contributed by atoms with van der Waals surface area (Å²) in [5.41, 5.74) is 14.8. The minimum absolute atomic E-state index is 0.0136. The van der Waals surface area contributed by atoms with Crippen LogP contribution in [0.15, 0.2) is 66.7 Å². The summed E-state index contributed by atoms with van der Waals surface area (Å²) in [6, 6.07) is 23.7. The first-order valence-electron chi connectivity index (χ1n) is 20.5. The molecule has 1 saturated carbocycles. The molecule has 1 aliphatic rings. The molecule has 9 heteroatoms. The van der Waals surface area contributed by atoms with Gasteiger partial charge in [0.15, 0.2) is 0 Å². The molecule has 3 unspecified atom stereocenters. The van der Waals surface area contributed by atoms with E-state index < -0.39 is 5.60 Å². The molecule has 5 atom stereocenters. The number of nitrogens with zero attached hydrogens (tertiary/aromatic N) is 3. The van der Waals surface area contributed by atoms with Crippen molar-refractivity contribution in [2.75, 3.05) is 0 Å². The van der Waals surface area contributed by atoms with Crippen molar-refractivity contribution in [3.05, 3.63) is 78.4 Å². The number of ether oxygens (including phenoxy) is 1. The Labute approximate surface area is 328 Å². The molecule has 1 amide bonds. The van der Waals surface area contributed by atoms with Crippen LogP contribution < -0.4 is 11.1 Å². The Morgan fingerprint density at radius 2 is 1.29 bits per heavy atom. The number of pyridine rings is 1. The molecule has 3 aromatic heterocycles. The molecule has 0 radical (unpaired) electrons. The van der Waals surface area contributed by atoms with Crippen molar-refractivity contribution in [2.24, 2.45) is 23.5 Å². The molecule has 1 fully saturated rings. The lowest BCUT2D eigenvalue weighted by molar-refractivity contribution is 0.0493. The van der Waals surface area contributed by atoms with Crippen LogP contribution in [0.25, 0.3) is 55.4 Å². The van der Waals surface area contributed by atoms with Crippen molar-refractivity contribution in [3.8, 4) is 22.4 Å². The van der Waals surface area contributed by atoms with Crippen LogP contribution in [0.4, 0.5) is 4.79 Å². The lowest BCUT2D eigenvalue weighted by atomic mass is 9.98. The highest BCUT2D eigenvalue weighted by Gasteiger charge is 2.42. The fraction of sp³-hybridized carbons (Fsp3) is 0.478. The number of aromatic nitrogens is 5. The standard InChI is InChI=1S/C40H47N7O2.3C2H6/c1-22(24(3)42-39(48)49-40(4,5)6)7-17-36-44-33-16-11-28(21-35(33)47-36)31-14-10-27-19-25(8-13-30(27)43-31)26-9-15-32-34(20-26)46-37(45-32)18-12-29-23(2)38(29)41;3*1-2/h8-11,13-16,19-24,29,38H,7,12,17-18,41H2,1-6H3,(H,42,48)(H,44,47)(H,45,46);3*1-2H3/t22?,23-,24-,29?,38?;;;/m1.../s1. The Balaban J connectivity index is 0.00000107. The summed E-state index contributed by atoms with van der Waals surface area (Å²) >= 11 is 0. The normalized spacial score (nSPS) is 17.2. The largest absolute Gasteiger partial charge is 0.444 e. The number of nitrogens with one attached hydrogen (secondary N) is 3. The van der Waals surface area contributed by atoms with E-state index in [1.54, 1.807) is 0 Å². The lowest BCUT2D eigenvalue weighted by Gasteiger charge is -2.24. The molecular weight excluding hydrogens is 683 g/mol. The molecule has 3 heterocycles. The Hall–Kier alpha value is -4.76. The van der Waals surface area contributed by atoms with E-state index in [-0.39, 0.29) is 18.1 Å². The average Bonchev–Trinajstić information content (AvgIpc) is 3.49. The van der Waals surface area contributed by atoms with Crippen LogP contribution in [0.1, 0.15) is 108 Å². The maximum atomic E-state index is 12.2. The predicted octanol–water partition coefficient (Wildman–Crippen LogP) is 11.4. The van der Waals surface area contributed by atoms with Crippen molar-refractivity contribution >= 4 is 39.1 Å². The number of rotatable bonds is 10. The fourth-order valence-electron chi connectivity index (χ4n) is 6.75. The first-order chi connectivity index (χ1) is 26.4. The number of H-pyrrole nitrogens is 2. The van der Waals surface area contributed by atoms with Crippen LogP contribution in [0.2, 0.25) is 0 Å². The summed E-state index contributed by atoms with van der Waals surface area (Å²) in [6.07, 6.45) is 3.30. The Morgan fingerprint density at radius 1 is 0.764 bits per heavy atom. The molecule has 7 rings (SSSR count). The lowest BCUT2D eigenvalue weighted by Crippen LogP contribution is -2.40. The Morgan fingerprint density at radius 3 is 1.87 bits per heavy atom. The molecule has 0 bridgehead atoms. The Bertz CT molecular complexity index is 2140. The van der Waals surface area contributed by atoms with Gasteiger partial charge in [-0.3, -0.25) is 0 Å². The average molecular weight is 748 g/mol. The van der Waals surface area contributed by atoms with Crippen molar-refractivity contribution in [1.29, 1.82) is 0 Å². The molecule has 5 N–H and O–H groups in total. The van der Waals surface area contributed by atoms with Gasteiger partial charge >= 0.3 is 6.09 Å². The van der Waals surface area contributed by atoms with E-state index in [1.165, 1.54) is 0 Å². The quantitative estimate of drug-likeness (QED) is 0.110. The summed E-state index contributed by atoms with van der Waals surface area (Å²) in [6.45, 7) is 24.0.